The van der Waals surface area contributed by atoms with Gasteiger partial charge in [-0.15, -0.1) is 0 Å². The minimum absolute atomic E-state index is 0.0239. The lowest BCUT2D eigenvalue weighted by atomic mass is 10.0. The van der Waals surface area contributed by atoms with E-state index >= 15 is 0 Å². The average Bonchev–Trinajstić information content (AvgIpc) is 3.54. The molecule has 0 atom stereocenters. The molecule has 0 saturated heterocycles. The van der Waals surface area contributed by atoms with Gasteiger partial charge < -0.3 is 20.2 Å². The standard InChI is InChI=1S/C28H19ClF3N5O3/c29-17-11-20(28(40)37(14-17)13-16-8-21(30)25(32)22(31)9-16)26(38)35-5-1-2-15-3-4-18-19(12-24-33-6-7-34-24)27(39)36-23(18)10-15/h1-4,6-12,14H,5,13H2,(H,33,34)(H,35,38)(H,36,39)/b2-1+,19-12-. The largest absolute Gasteiger partial charge is 0.348 e. The maximum absolute atomic E-state index is 13.6. The first kappa shape index (κ1) is 26.7. The van der Waals surface area contributed by atoms with Crippen LogP contribution in [0.5, 0.6) is 0 Å². The fraction of sp³-hybridized carbons (Fsp3) is 0.0714. The summed E-state index contributed by atoms with van der Waals surface area (Å²) in [7, 11) is 0. The van der Waals surface area contributed by atoms with Crippen molar-refractivity contribution >= 4 is 46.8 Å². The number of imidazole rings is 1. The van der Waals surface area contributed by atoms with Gasteiger partial charge in [0.05, 0.1) is 17.1 Å². The summed E-state index contributed by atoms with van der Waals surface area (Å²) in [6.45, 7) is -0.271. The Balaban J connectivity index is 1.26. The number of anilines is 1. The van der Waals surface area contributed by atoms with Crippen LogP contribution in [0.1, 0.15) is 32.9 Å². The number of aromatic nitrogens is 3. The maximum Gasteiger partial charge on any atom is 0.263 e. The van der Waals surface area contributed by atoms with Gasteiger partial charge in [-0.2, -0.15) is 0 Å². The third kappa shape index (κ3) is 5.59. The third-order valence-corrected chi connectivity index (χ3v) is 6.22. The number of carbonyl (C=O) groups excluding carboxylic acids is 2. The van der Waals surface area contributed by atoms with E-state index in [1.807, 2.05) is 6.07 Å². The monoisotopic (exact) mass is 565 g/mol. The van der Waals surface area contributed by atoms with Crippen molar-refractivity contribution in [1.29, 1.82) is 0 Å². The Morgan fingerprint density at radius 3 is 2.60 bits per heavy atom. The van der Waals surface area contributed by atoms with E-state index in [9.17, 15) is 27.6 Å². The van der Waals surface area contributed by atoms with Crippen molar-refractivity contribution < 1.29 is 22.8 Å². The van der Waals surface area contributed by atoms with Gasteiger partial charge in [-0.3, -0.25) is 14.4 Å². The highest BCUT2D eigenvalue weighted by Gasteiger charge is 2.24. The topological polar surface area (TPSA) is 109 Å². The summed E-state index contributed by atoms with van der Waals surface area (Å²) >= 11 is 6.07. The average molecular weight is 566 g/mol. The Labute approximate surface area is 229 Å². The number of nitrogens with zero attached hydrogens (tertiary/aromatic N) is 2. The predicted octanol–water partition coefficient (Wildman–Crippen LogP) is 4.63. The fourth-order valence-electron chi connectivity index (χ4n) is 4.17. The van der Waals surface area contributed by atoms with Crippen molar-refractivity contribution in [3.05, 3.63) is 122 Å². The van der Waals surface area contributed by atoms with Gasteiger partial charge in [0, 0.05) is 36.4 Å². The molecule has 5 rings (SSSR count). The molecule has 2 amide bonds. The van der Waals surface area contributed by atoms with Crippen LogP contribution in [0.15, 0.2) is 65.9 Å². The zero-order chi connectivity index (χ0) is 28.4. The molecule has 0 unspecified atom stereocenters. The molecule has 3 heterocycles. The molecule has 0 aliphatic carbocycles. The minimum Gasteiger partial charge on any atom is -0.348 e. The number of aromatic amines is 1. The Hall–Kier alpha value is -4.90. The van der Waals surface area contributed by atoms with Crippen molar-refractivity contribution in [2.24, 2.45) is 0 Å². The van der Waals surface area contributed by atoms with Crippen molar-refractivity contribution in [2.75, 3.05) is 11.9 Å². The first-order valence-electron chi connectivity index (χ1n) is 11.8. The number of fused-ring (bicyclic) bond motifs is 1. The molecule has 0 radical (unpaired) electrons. The molecule has 40 heavy (non-hydrogen) atoms. The van der Waals surface area contributed by atoms with E-state index in [-0.39, 0.29) is 35.1 Å². The zero-order valence-corrected chi connectivity index (χ0v) is 21.2. The van der Waals surface area contributed by atoms with Crippen LogP contribution in [0, 0.1) is 17.5 Å². The molecule has 4 aromatic rings. The highest BCUT2D eigenvalue weighted by molar-refractivity contribution is 6.34. The molecule has 8 nitrogen and oxygen atoms in total. The summed E-state index contributed by atoms with van der Waals surface area (Å²) in [5, 5.41) is 5.45. The Morgan fingerprint density at radius 2 is 1.88 bits per heavy atom. The lowest BCUT2D eigenvalue weighted by molar-refractivity contribution is -0.110. The molecule has 0 bridgehead atoms. The van der Waals surface area contributed by atoms with Crippen LogP contribution in [0.25, 0.3) is 17.7 Å². The van der Waals surface area contributed by atoms with Crippen molar-refractivity contribution in [2.45, 2.75) is 6.54 Å². The second-order valence-corrected chi connectivity index (χ2v) is 9.22. The molecule has 12 heteroatoms. The molecule has 2 aromatic heterocycles. The molecule has 0 fully saturated rings. The molecule has 202 valence electrons. The number of hydrogen-bond donors (Lipinski definition) is 3. The molecule has 2 aromatic carbocycles. The van der Waals surface area contributed by atoms with Gasteiger partial charge in [-0.05, 0) is 41.5 Å². The Kier molecular flexibility index (Phi) is 7.39. The van der Waals surface area contributed by atoms with Gasteiger partial charge >= 0.3 is 0 Å². The van der Waals surface area contributed by atoms with Crippen LogP contribution < -0.4 is 16.2 Å². The van der Waals surface area contributed by atoms with Crippen LogP contribution in [0.4, 0.5) is 18.9 Å². The lowest BCUT2D eigenvalue weighted by Crippen LogP contribution is -2.33. The van der Waals surface area contributed by atoms with Crippen LogP contribution in [0.3, 0.4) is 0 Å². The molecule has 1 aliphatic heterocycles. The molecule has 0 spiro atoms. The van der Waals surface area contributed by atoms with E-state index in [1.54, 1.807) is 42.8 Å². The molecular formula is C28H19ClF3N5O3. The van der Waals surface area contributed by atoms with E-state index in [0.29, 0.717) is 17.1 Å². The number of halogens is 4. The number of nitrogens with one attached hydrogen (secondary N) is 3. The molecule has 3 N–H and O–H groups in total. The second-order valence-electron chi connectivity index (χ2n) is 8.78. The highest BCUT2D eigenvalue weighted by atomic mass is 35.5. The number of pyridine rings is 1. The highest BCUT2D eigenvalue weighted by Crippen LogP contribution is 2.33. The summed E-state index contributed by atoms with van der Waals surface area (Å²) in [6, 6.07) is 8.10. The second kappa shape index (κ2) is 11.1. The van der Waals surface area contributed by atoms with Crippen LogP contribution in [-0.2, 0) is 11.3 Å². The molecular weight excluding hydrogens is 547 g/mol. The quantitative estimate of drug-likeness (QED) is 0.224. The smallest absolute Gasteiger partial charge is 0.263 e. The summed E-state index contributed by atoms with van der Waals surface area (Å²) in [5.41, 5.74) is 1.56. The summed E-state index contributed by atoms with van der Waals surface area (Å²) < 4.78 is 41.4. The Bertz CT molecular complexity index is 1740. The van der Waals surface area contributed by atoms with Crippen molar-refractivity contribution in [1.82, 2.24) is 19.9 Å². The maximum atomic E-state index is 13.6. The normalized spacial score (nSPS) is 13.6. The number of rotatable bonds is 7. The minimum atomic E-state index is -1.62. The van der Waals surface area contributed by atoms with Gasteiger partial charge in [0.2, 0.25) is 0 Å². The molecule has 0 saturated carbocycles. The number of hydrogen-bond acceptors (Lipinski definition) is 4. The van der Waals surface area contributed by atoms with Gasteiger partial charge in [-0.25, -0.2) is 18.2 Å². The summed E-state index contributed by atoms with van der Waals surface area (Å²) in [6.07, 6.45) is 9.51. The summed E-state index contributed by atoms with van der Waals surface area (Å²) in [4.78, 5) is 45.0. The van der Waals surface area contributed by atoms with E-state index in [2.05, 4.69) is 20.6 Å². The summed E-state index contributed by atoms with van der Waals surface area (Å²) in [5.74, 6) is -4.82. The van der Waals surface area contributed by atoms with Crippen LogP contribution in [-0.4, -0.2) is 32.9 Å². The Morgan fingerprint density at radius 1 is 1.10 bits per heavy atom. The first-order chi connectivity index (χ1) is 19.2. The van der Waals surface area contributed by atoms with Gasteiger partial charge in [0.15, 0.2) is 17.5 Å². The van der Waals surface area contributed by atoms with E-state index < -0.39 is 28.9 Å². The molecule has 1 aliphatic rings. The van der Waals surface area contributed by atoms with Gasteiger partial charge in [0.1, 0.15) is 11.4 Å². The van der Waals surface area contributed by atoms with Crippen LogP contribution >= 0.6 is 11.6 Å². The lowest BCUT2D eigenvalue weighted by Gasteiger charge is -2.10. The number of H-pyrrole nitrogens is 1. The van der Waals surface area contributed by atoms with Crippen molar-refractivity contribution in [3.63, 3.8) is 0 Å². The number of amides is 2. The number of carbonyl (C=O) groups is 2. The fourth-order valence-corrected chi connectivity index (χ4v) is 4.40. The van der Waals surface area contributed by atoms with Crippen LogP contribution in [0.2, 0.25) is 5.02 Å². The number of benzene rings is 2. The first-order valence-corrected chi connectivity index (χ1v) is 12.2. The third-order valence-electron chi connectivity index (χ3n) is 6.01. The van der Waals surface area contributed by atoms with E-state index in [4.69, 9.17) is 11.6 Å². The van der Waals surface area contributed by atoms with Gasteiger partial charge in [-0.1, -0.05) is 35.9 Å². The van der Waals surface area contributed by atoms with E-state index in [1.165, 1.54) is 12.3 Å². The zero-order valence-electron chi connectivity index (χ0n) is 20.5. The van der Waals surface area contributed by atoms with Crippen molar-refractivity contribution in [3.8, 4) is 0 Å². The van der Waals surface area contributed by atoms with Gasteiger partial charge in [0.25, 0.3) is 17.4 Å². The predicted molar refractivity (Wildman–Crippen MR) is 144 cm³/mol. The SMILES string of the molecule is O=C1Nc2cc(/C=C/CNC(=O)c3cc(Cl)cn(Cc4cc(F)c(F)c(F)c4)c3=O)ccc2/C1=C/c1ncc[nH]1. The van der Waals surface area contributed by atoms with E-state index in [0.717, 1.165) is 27.8 Å².